The number of nitrogens with zero attached hydrogens (tertiary/aromatic N) is 2. The summed E-state index contributed by atoms with van der Waals surface area (Å²) in [5.74, 6) is 0.632. The summed E-state index contributed by atoms with van der Waals surface area (Å²) in [6.07, 6.45) is 6.10. The zero-order valence-electron chi connectivity index (χ0n) is 12.7. The second-order valence-corrected chi connectivity index (χ2v) is 6.69. The van der Waals surface area contributed by atoms with E-state index in [-0.39, 0.29) is 6.03 Å². The maximum absolute atomic E-state index is 12.2. The van der Waals surface area contributed by atoms with E-state index in [9.17, 15) is 4.79 Å². The number of urea groups is 1. The lowest BCUT2D eigenvalue weighted by Gasteiger charge is -2.34. The van der Waals surface area contributed by atoms with E-state index in [1.165, 1.54) is 16.9 Å². The monoisotopic (exact) mass is 315 g/mol. The Bertz CT molecular complexity index is 592. The number of carbonyl (C=O) groups is 1. The van der Waals surface area contributed by atoms with Crippen LogP contribution in [0.4, 0.5) is 9.93 Å². The van der Waals surface area contributed by atoms with Crippen molar-refractivity contribution in [3.05, 3.63) is 47.5 Å². The molecule has 0 saturated heterocycles. The molecule has 0 unspecified atom stereocenters. The Morgan fingerprint density at radius 2 is 1.95 bits per heavy atom. The van der Waals surface area contributed by atoms with Crippen LogP contribution in [0, 0.1) is 0 Å². The maximum Gasteiger partial charge on any atom is 0.323 e. The number of hydrogen-bond acceptors (Lipinski definition) is 3. The summed E-state index contributed by atoms with van der Waals surface area (Å²) in [7, 11) is 1.89. The molecule has 2 aromatic rings. The minimum atomic E-state index is -0.0573. The summed E-state index contributed by atoms with van der Waals surface area (Å²) in [6, 6.07) is 11.0. The van der Waals surface area contributed by atoms with E-state index >= 15 is 0 Å². The van der Waals surface area contributed by atoms with Crippen molar-refractivity contribution in [2.45, 2.75) is 37.6 Å². The molecule has 0 bridgehead atoms. The van der Waals surface area contributed by atoms with Gasteiger partial charge in [-0.3, -0.25) is 5.32 Å². The standard InChI is InChI=1S/C17H21N3OS/c1-20(17(21)19-16-18-11-12-22-16)15-9-7-14(8-10-15)13-5-3-2-4-6-13/h2-6,11-12,14-15H,7-10H2,1H3,(H,18,19,21). The molecule has 1 aromatic heterocycles. The highest BCUT2D eigenvalue weighted by atomic mass is 32.1. The first-order chi connectivity index (χ1) is 10.7. The second-order valence-electron chi connectivity index (χ2n) is 5.79. The zero-order valence-corrected chi connectivity index (χ0v) is 13.6. The molecular weight excluding hydrogens is 294 g/mol. The average Bonchev–Trinajstić information content (AvgIpc) is 3.08. The molecular formula is C17H21N3OS. The topological polar surface area (TPSA) is 45.2 Å². The Labute approximate surface area is 135 Å². The van der Waals surface area contributed by atoms with E-state index < -0.39 is 0 Å². The van der Waals surface area contributed by atoms with Gasteiger partial charge in [-0.05, 0) is 37.2 Å². The molecule has 1 aliphatic carbocycles. The maximum atomic E-state index is 12.2. The summed E-state index contributed by atoms with van der Waals surface area (Å²) in [5, 5.41) is 5.38. The van der Waals surface area contributed by atoms with Crippen LogP contribution in [0.5, 0.6) is 0 Å². The van der Waals surface area contributed by atoms with Gasteiger partial charge < -0.3 is 4.90 Å². The fourth-order valence-electron chi connectivity index (χ4n) is 3.15. The molecule has 22 heavy (non-hydrogen) atoms. The van der Waals surface area contributed by atoms with Crippen LogP contribution >= 0.6 is 11.3 Å². The number of nitrogens with one attached hydrogen (secondary N) is 1. The number of hydrogen-bond donors (Lipinski definition) is 1. The van der Waals surface area contributed by atoms with Crippen LogP contribution in [0.1, 0.15) is 37.2 Å². The third-order valence-corrected chi connectivity index (χ3v) is 5.17. The van der Waals surface area contributed by atoms with Gasteiger partial charge in [-0.2, -0.15) is 0 Å². The van der Waals surface area contributed by atoms with E-state index in [2.05, 4.69) is 40.6 Å². The SMILES string of the molecule is CN(C(=O)Nc1nccs1)C1CCC(c2ccccc2)CC1. The van der Waals surface area contributed by atoms with Crippen molar-refractivity contribution in [2.75, 3.05) is 12.4 Å². The molecule has 0 aliphatic heterocycles. The number of thiazole rings is 1. The predicted molar refractivity (Wildman–Crippen MR) is 90.3 cm³/mol. The van der Waals surface area contributed by atoms with E-state index in [1.807, 2.05) is 17.3 Å². The Balaban J connectivity index is 1.53. The number of amides is 2. The van der Waals surface area contributed by atoms with Crippen molar-refractivity contribution in [1.29, 1.82) is 0 Å². The summed E-state index contributed by atoms with van der Waals surface area (Å²) < 4.78 is 0. The van der Waals surface area contributed by atoms with Crippen LogP contribution in [-0.4, -0.2) is 29.0 Å². The number of aromatic nitrogens is 1. The van der Waals surface area contributed by atoms with Gasteiger partial charge in [0.2, 0.25) is 0 Å². The molecule has 3 rings (SSSR count). The molecule has 116 valence electrons. The van der Waals surface area contributed by atoms with Gasteiger partial charge in [0, 0.05) is 24.7 Å². The summed E-state index contributed by atoms with van der Waals surface area (Å²) in [6.45, 7) is 0. The van der Waals surface area contributed by atoms with Gasteiger partial charge in [0.15, 0.2) is 5.13 Å². The summed E-state index contributed by atoms with van der Waals surface area (Å²) in [5.41, 5.74) is 1.43. The van der Waals surface area contributed by atoms with E-state index in [4.69, 9.17) is 0 Å². The van der Waals surface area contributed by atoms with Crippen molar-refractivity contribution in [3.8, 4) is 0 Å². The van der Waals surface area contributed by atoms with Crippen LogP contribution in [0.2, 0.25) is 0 Å². The fourth-order valence-corrected chi connectivity index (χ4v) is 3.67. The van der Waals surface area contributed by atoms with Crippen LogP contribution in [0.15, 0.2) is 41.9 Å². The van der Waals surface area contributed by atoms with Crippen molar-refractivity contribution in [3.63, 3.8) is 0 Å². The average molecular weight is 315 g/mol. The minimum absolute atomic E-state index is 0.0573. The molecule has 1 N–H and O–H groups in total. The number of anilines is 1. The smallest absolute Gasteiger partial charge is 0.323 e. The van der Waals surface area contributed by atoms with Crippen molar-refractivity contribution < 1.29 is 4.79 Å². The lowest BCUT2D eigenvalue weighted by molar-refractivity contribution is 0.181. The Kier molecular flexibility index (Phi) is 4.73. The first-order valence-electron chi connectivity index (χ1n) is 7.72. The van der Waals surface area contributed by atoms with E-state index in [0.717, 1.165) is 25.7 Å². The molecule has 4 nitrogen and oxygen atoms in total. The highest BCUT2D eigenvalue weighted by Gasteiger charge is 2.27. The van der Waals surface area contributed by atoms with E-state index in [0.29, 0.717) is 17.1 Å². The van der Waals surface area contributed by atoms with Crippen LogP contribution in [-0.2, 0) is 0 Å². The lowest BCUT2D eigenvalue weighted by atomic mass is 9.81. The molecule has 1 heterocycles. The third kappa shape index (κ3) is 3.47. The number of carbonyl (C=O) groups excluding carboxylic acids is 1. The zero-order chi connectivity index (χ0) is 15.4. The van der Waals surface area contributed by atoms with Gasteiger partial charge in [-0.15, -0.1) is 11.3 Å². The first-order valence-corrected chi connectivity index (χ1v) is 8.60. The molecule has 0 atom stereocenters. The van der Waals surface area contributed by atoms with Gasteiger partial charge >= 0.3 is 6.03 Å². The molecule has 1 saturated carbocycles. The molecule has 0 radical (unpaired) electrons. The number of rotatable bonds is 3. The molecule has 1 aliphatic rings. The first kappa shape index (κ1) is 15.0. The molecule has 1 fully saturated rings. The van der Waals surface area contributed by atoms with Gasteiger partial charge in [0.1, 0.15) is 0 Å². The number of benzene rings is 1. The van der Waals surface area contributed by atoms with Crippen LogP contribution in [0.3, 0.4) is 0 Å². The highest BCUT2D eigenvalue weighted by Crippen LogP contribution is 2.34. The Morgan fingerprint density at radius 1 is 1.23 bits per heavy atom. The van der Waals surface area contributed by atoms with Crippen molar-refractivity contribution in [1.82, 2.24) is 9.88 Å². The van der Waals surface area contributed by atoms with Crippen LogP contribution in [0.25, 0.3) is 0 Å². The normalized spacial score (nSPS) is 21.3. The fraction of sp³-hybridized carbons (Fsp3) is 0.412. The van der Waals surface area contributed by atoms with Crippen molar-refractivity contribution in [2.24, 2.45) is 0 Å². The van der Waals surface area contributed by atoms with Crippen LogP contribution < -0.4 is 5.32 Å². The quantitative estimate of drug-likeness (QED) is 0.916. The molecule has 0 spiro atoms. The van der Waals surface area contributed by atoms with Gasteiger partial charge in [-0.1, -0.05) is 30.3 Å². The largest absolute Gasteiger partial charge is 0.325 e. The molecule has 1 aromatic carbocycles. The third-order valence-electron chi connectivity index (χ3n) is 4.48. The van der Waals surface area contributed by atoms with Crippen molar-refractivity contribution >= 4 is 22.5 Å². The van der Waals surface area contributed by atoms with Gasteiger partial charge in [0.05, 0.1) is 0 Å². The Hall–Kier alpha value is -1.88. The molecule has 2 amide bonds. The summed E-state index contributed by atoms with van der Waals surface area (Å²) >= 11 is 1.44. The minimum Gasteiger partial charge on any atom is -0.325 e. The van der Waals surface area contributed by atoms with E-state index in [1.54, 1.807) is 6.20 Å². The summed E-state index contributed by atoms with van der Waals surface area (Å²) in [4.78, 5) is 18.2. The van der Waals surface area contributed by atoms with Gasteiger partial charge in [-0.25, -0.2) is 9.78 Å². The second kappa shape index (κ2) is 6.92. The highest BCUT2D eigenvalue weighted by molar-refractivity contribution is 7.13. The lowest BCUT2D eigenvalue weighted by Crippen LogP contribution is -2.41. The predicted octanol–water partition coefficient (Wildman–Crippen LogP) is 4.33. The molecule has 5 heteroatoms. The Morgan fingerprint density at radius 3 is 2.59 bits per heavy atom. The van der Waals surface area contributed by atoms with Gasteiger partial charge in [0.25, 0.3) is 0 Å².